The van der Waals surface area contributed by atoms with Gasteiger partial charge in [0.2, 0.25) is 0 Å². The first-order chi connectivity index (χ1) is 8.33. The van der Waals surface area contributed by atoms with E-state index in [9.17, 15) is 18.0 Å². The number of carboxylic acid groups (broad SMARTS) is 1. The molecule has 0 spiro atoms. The van der Waals surface area contributed by atoms with E-state index in [0.29, 0.717) is 12.8 Å². The summed E-state index contributed by atoms with van der Waals surface area (Å²) in [6.07, 6.45) is -3.43. The van der Waals surface area contributed by atoms with Gasteiger partial charge >= 0.3 is 12.1 Å². The molecule has 2 rings (SSSR count). The van der Waals surface area contributed by atoms with Crippen molar-refractivity contribution in [2.75, 3.05) is 11.9 Å². The number of rotatable bonds is 4. The molecule has 1 saturated carbocycles. The first-order valence-corrected chi connectivity index (χ1v) is 5.35. The van der Waals surface area contributed by atoms with Crippen molar-refractivity contribution >= 4 is 11.8 Å². The van der Waals surface area contributed by atoms with Gasteiger partial charge in [0, 0.05) is 6.54 Å². The molecule has 1 aliphatic carbocycles. The number of carbonyl (C=O) groups is 1. The lowest BCUT2D eigenvalue weighted by atomic mass is 10.1. The fraction of sp³-hybridized carbons (Fsp3) is 0.455. The summed E-state index contributed by atoms with van der Waals surface area (Å²) in [5.41, 5.74) is -1.83. The van der Waals surface area contributed by atoms with Crippen LogP contribution in [0.2, 0.25) is 0 Å². The zero-order valence-electron chi connectivity index (χ0n) is 9.29. The van der Waals surface area contributed by atoms with Gasteiger partial charge in [-0.15, -0.1) is 0 Å². The third-order valence-electron chi connectivity index (χ3n) is 2.95. The summed E-state index contributed by atoms with van der Waals surface area (Å²) in [5.74, 6) is -0.890. The predicted molar refractivity (Wildman–Crippen MR) is 57.0 cm³/mol. The van der Waals surface area contributed by atoms with Gasteiger partial charge in [-0.05, 0) is 25.0 Å². The Balaban J connectivity index is 2.05. The summed E-state index contributed by atoms with van der Waals surface area (Å²) in [5, 5.41) is 11.6. The van der Waals surface area contributed by atoms with E-state index in [1.165, 1.54) is 12.1 Å². The second-order valence-electron chi connectivity index (χ2n) is 4.34. The van der Waals surface area contributed by atoms with Crippen LogP contribution in [-0.2, 0) is 11.0 Å². The highest BCUT2D eigenvalue weighted by molar-refractivity contribution is 5.78. The number of halogens is 3. The highest BCUT2D eigenvalue weighted by atomic mass is 19.4. The number of aliphatic carboxylic acids is 1. The maximum Gasteiger partial charge on any atom is 0.433 e. The van der Waals surface area contributed by atoms with Crippen LogP contribution in [0.4, 0.5) is 19.0 Å². The monoisotopic (exact) mass is 260 g/mol. The average molecular weight is 260 g/mol. The van der Waals surface area contributed by atoms with E-state index in [-0.39, 0.29) is 12.4 Å². The van der Waals surface area contributed by atoms with Crippen LogP contribution in [0.25, 0.3) is 0 Å². The third kappa shape index (κ3) is 2.55. The molecule has 1 aromatic rings. The Morgan fingerprint density at radius 1 is 1.44 bits per heavy atom. The first kappa shape index (κ1) is 12.7. The number of anilines is 1. The summed E-state index contributed by atoms with van der Waals surface area (Å²) in [7, 11) is 0. The Bertz CT molecular complexity index is 470. The fourth-order valence-electron chi connectivity index (χ4n) is 1.57. The predicted octanol–water partition coefficient (Wildman–Crippen LogP) is 2.38. The number of aromatic nitrogens is 1. The van der Waals surface area contributed by atoms with Crippen molar-refractivity contribution < 1.29 is 23.1 Å². The molecule has 0 radical (unpaired) electrons. The number of alkyl halides is 3. The minimum absolute atomic E-state index is 0.0392. The lowest BCUT2D eigenvalue weighted by Crippen LogP contribution is -2.24. The van der Waals surface area contributed by atoms with Gasteiger partial charge in [-0.25, -0.2) is 4.98 Å². The van der Waals surface area contributed by atoms with Gasteiger partial charge in [0.25, 0.3) is 0 Å². The standard InChI is InChI=1S/C11H11F3N2O2/c12-11(13,14)7-2-1-3-8(16-7)15-6-10(4-5-10)9(17)18/h1-3H,4-6H2,(H,15,16)(H,17,18). The molecule has 1 fully saturated rings. The molecule has 0 saturated heterocycles. The van der Waals surface area contributed by atoms with Gasteiger partial charge in [0.15, 0.2) is 0 Å². The van der Waals surface area contributed by atoms with E-state index in [2.05, 4.69) is 10.3 Å². The topological polar surface area (TPSA) is 62.2 Å². The number of hydrogen-bond acceptors (Lipinski definition) is 3. The smallest absolute Gasteiger partial charge is 0.433 e. The number of nitrogens with zero attached hydrogens (tertiary/aromatic N) is 1. The quantitative estimate of drug-likeness (QED) is 0.872. The highest BCUT2D eigenvalue weighted by Crippen LogP contribution is 2.45. The molecule has 0 aliphatic heterocycles. The highest BCUT2D eigenvalue weighted by Gasteiger charge is 2.50. The minimum atomic E-state index is -4.50. The average Bonchev–Trinajstić information content (AvgIpc) is 3.07. The molecule has 0 aromatic carbocycles. The zero-order valence-corrected chi connectivity index (χ0v) is 9.29. The van der Waals surface area contributed by atoms with Crippen LogP contribution in [0.1, 0.15) is 18.5 Å². The van der Waals surface area contributed by atoms with Gasteiger partial charge in [0.1, 0.15) is 11.5 Å². The number of hydrogen-bond donors (Lipinski definition) is 2. The van der Waals surface area contributed by atoms with Crippen molar-refractivity contribution in [1.29, 1.82) is 0 Å². The maximum absolute atomic E-state index is 12.4. The van der Waals surface area contributed by atoms with E-state index in [4.69, 9.17) is 5.11 Å². The first-order valence-electron chi connectivity index (χ1n) is 5.35. The van der Waals surface area contributed by atoms with Crippen molar-refractivity contribution in [3.8, 4) is 0 Å². The second-order valence-corrected chi connectivity index (χ2v) is 4.34. The summed E-state index contributed by atoms with van der Waals surface area (Å²) in [6, 6.07) is 3.49. The van der Waals surface area contributed by atoms with Crippen molar-refractivity contribution in [1.82, 2.24) is 4.98 Å². The molecule has 7 heteroatoms. The molecule has 98 valence electrons. The van der Waals surface area contributed by atoms with Crippen LogP contribution in [0.15, 0.2) is 18.2 Å². The van der Waals surface area contributed by atoms with E-state index >= 15 is 0 Å². The van der Waals surface area contributed by atoms with Crippen LogP contribution in [0.3, 0.4) is 0 Å². The van der Waals surface area contributed by atoms with Gasteiger partial charge in [-0.1, -0.05) is 6.07 Å². The maximum atomic E-state index is 12.4. The Morgan fingerprint density at radius 2 is 2.11 bits per heavy atom. The molecule has 0 amide bonds. The van der Waals surface area contributed by atoms with E-state index in [1.54, 1.807) is 0 Å². The molecular weight excluding hydrogens is 249 g/mol. The Morgan fingerprint density at radius 3 is 2.61 bits per heavy atom. The van der Waals surface area contributed by atoms with Gasteiger partial charge < -0.3 is 10.4 Å². The second kappa shape index (κ2) is 4.15. The summed E-state index contributed by atoms with van der Waals surface area (Å²) < 4.78 is 37.2. The molecule has 18 heavy (non-hydrogen) atoms. The van der Waals surface area contributed by atoms with Crippen molar-refractivity contribution in [3.05, 3.63) is 23.9 Å². The normalized spacial score (nSPS) is 17.3. The molecule has 0 unspecified atom stereocenters. The van der Waals surface area contributed by atoms with Crippen LogP contribution in [0.5, 0.6) is 0 Å². The van der Waals surface area contributed by atoms with E-state index in [0.717, 1.165) is 6.07 Å². The largest absolute Gasteiger partial charge is 0.481 e. The van der Waals surface area contributed by atoms with E-state index in [1.807, 2.05) is 0 Å². The number of pyridine rings is 1. The summed E-state index contributed by atoms with van der Waals surface area (Å²) in [4.78, 5) is 14.3. The van der Waals surface area contributed by atoms with Gasteiger partial charge in [-0.2, -0.15) is 13.2 Å². The lowest BCUT2D eigenvalue weighted by molar-refractivity contribution is -0.143. The van der Waals surface area contributed by atoms with Crippen LogP contribution >= 0.6 is 0 Å². The van der Waals surface area contributed by atoms with Crippen LogP contribution < -0.4 is 5.32 Å². The molecule has 0 atom stereocenters. The van der Waals surface area contributed by atoms with Crippen molar-refractivity contribution in [3.63, 3.8) is 0 Å². The van der Waals surface area contributed by atoms with Crippen molar-refractivity contribution in [2.45, 2.75) is 19.0 Å². The minimum Gasteiger partial charge on any atom is -0.481 e. The van der Waals surface area contributed by atoms with Crippen LogP contribution in [0, 0.1) is 5.41 Å². The molecule has 0 bridgehead atoms. The lowest BCUT2D eigenvalue weighted by Gasteiger charge is -2.13. The third-order valence-corrected chi connectivity index (χ3v) is 2.95. The van der Waals surface area contributed by atoms with Gasteiger partial charge in [-0.3, -0.25) is 4.79 Å². The fourth-order valence-corrected chi connectivity index (χ4v) is 1.57. The molecule has 2 N–H and O–H groups in total. The molecule has 1 heterocycles. The SMILES string of the molecule is O=C(O)C1(CNc2cccc(C(F)(F)F)n2)CC1. The molecule has 1 aliphatic rings. The summed E-state index contributed by atoms with van der Waals surface area (Å²) in [6.45, 7) is 0.0939. The van der Waals surface area contributed by atoms with Crippen molar-refractivity contribution in [2.24, 2.45) is 5.41 Å². The Hall–Kier alpha value is -1.79. The van der Waals surface area contributed by atoms with E-state index < -0.39 is 23.3 Å². The molecule has 1 aromatic heterocycles. The Labute approximate surface area is 101 Å². The Kier molecular flexibility index (Phi) is 2.92. The summed E-state index contributed by atoms with van der Waals surface area (Å²) >= 11 is 0. The zero-order chi connectivity index (χ0) is 13.4. The number of nitrogens with one attached hydrogen (secondary N) is 1. The molecular formula is C11H11F3N2O2. The van der Waals surface area contributed by atoms with Gasteiger partial charge in [0.05, 0.1) is 5.41 Å². The molecule has 4 nitrogen and oxygen atoms in total. The van der Waals surface area contributed by atoms with Crippen LogP contribution in [-0.4, -0.2) is 22.6 Å². The number of carboxylic acids is 1.